The van der Waals surface area contributed by atoms with E-state index in [1.54, 1.807) is 12.1 Å². The van der Waals surface area contributed by atoms with Gasteiger partial charge in [0.25, 0.3) is 10.0 Å². The average Bonchev–Trinajstić information content (AvgIpc) is 3.03. The van der Waals surface area contributed by atoms with Gasteiger partial charge < -0.3 is 5.32 Å². The van der Waals surface area contributed by atoms with Crippen molar-refractivity contribution in [1.29, 1.82) is 0 Å². The fourth-order valence-electron chi connectivity index (χ4n) is 3.74. The van der Waals surface area contributed by atoms with Crippen LogP contribution in [0.15, 0.2) is 64.5 Å². The first-order valence-corrected chi connectivity index (χ1v) is 12.4. The minimum Gasteiger partial charge on any atom is -0.326 e. The van der Waals surface area contributed by atoms with E-state index in [1.165, 1.54) is 12.1 Å². The first-order chi connectivity index (χ1) is 14.9. The second kappa shape index (κ2) is 10.6. The Labute approximate surface area is 185 Å². The maximum Gasteiger partial charge on any atom is 0.262 e. The number of nitrogens with one attached hydrogen (secondary N) is 2. The molecule has 166 valence electrons. The van der Waals surface area contributed by atoms with E-state index in [9.17, 15) is 13.2 Å². The van der Waals surface area contributed by atoms with E-state index in [2.05, 4.69) is 28.9 Å². The molecule has 2 atom stereocenters. The highest BCUT2D eigenvalue weighted by Gasteiger charge is 2.26. The Hall–Kier alpha value is -2.67. The normalized spacial score (nSPS) is 16.5. The van der Waals surface area contributed by atoms with E-state index in [4.69, 9.17) is 0 Å². The topological polar surface area (TPSA) is 87.6 Å². The van der Waals surface area contributed by atoms with Gasteiger partial charge in [0.2, 0.25) is 5.91 Å². The molecule has 1 aliphatic heterocycles. The van der Waals surface area contributed by atoms with E-state index in [0.717, 1.165) is 31.2 Å². The Morgan fingerprint density at radius 3 is 2.42 bits per heavy atom. The molecule has 2 N–H and O–H groups in total. The van der Waals surface area contributed by atoms with Crippen molar-refractivity contribution in [2.24, 2.45) is 10.9 Å². The van der Waals surface area contributed by atoms with Crippen LogP contribution in [0.5, 0.6) is 0 Å². The Bertz CT molecular complexity index is 1000. The molecule has 1 aliphatic rings. The quantitative estimate of drug-likeness (QED) is 0.652. The minimum atomic E-state index is -3.69. The van der Waals surface area contributed by atoms with Gasteiger partial charge in [-0.05, 0) is 48.6 Å². The van der Waals surface area contributed by atoms with Crippen molar-refractivity contribution in [2.45, 2.75) is 56.8 Å². The van der Waals surface area contributed by atoms with Crippen molar-refractivity contribution in [1.82, 2.24) is 4.72 Å². The predicted molar refractivity (Wildman–Crippen MR) is 125 cm³/mol. The third-order valence-electron chi connectivity index (χ3n) is 5.71. The molecule has 0 saturated heterocycles. The Kier molecular flexibility index (Phi) is 7.85. The number of sulfonamides is 1. The van der Waals surface area contributed by atoms with Crippen LogP contribution < -0.4 is 10.0 Å². The SMILES string of the molecule is CCC(C)C(C(=O)Nc1ccc(S(=O)(=O)NC2=NCCCCC2)cc1)c1ccccc1. The molecule has 2 aromatic carbocycles. The Morgan fingerprint density at radius 2 is 1.74 bits per heavy atom. The molecule has 7 heteroatoms. The van der Waals surface area contributed by atoms with Crippen molar-refractivity contribution in [3.05, 3.63) is 60.2 Å². The van der Waals surface area contributed by atoms with Crippen LogP contribution in [0.4, 0.5) is 5.69 Å². The maximum atomic E-state index is 13.0. The van der Waals surface area contributed by atoms with Crippen molar-refractivity contribution in [3.8, 4) is 0 Å². The van der Waals surface area contributed by atoms with Gasteiger partial charge in [0.15, 0.2) is 0 Å². The van der Waals surface area contributed by atoms with E-state index in [1.807, 2.05) is 30.3 Å². The van der Waals surface area contributed by atoms with Crippen molar-refractivity contribution in [2.75, 3.05) is 11.9 Å². The number of aliphatic imine (C=N–C) groups is 1. The number of amidine groups is 1. The molecule has 0 spiro atoms. The van der Waals surface area contributed by atoms with Crippen LogP contribution >= 0.6 is 0 Å². The van der Waals surface area contributed by atoms with Crippen LogP contribution in [0.2, 0.25) is 0 Å². The van der Waals surface area contributed by atoms with Gasteiger partial charge in [0.05, 0.1) is 10.8 Å². The zero-order chi connectivity index (χ0) is 22.3. The summed E-state index contributed by atoms with van der Waals surface area (Å²) in [4.78, 5) is 17.5. The Balaban J connectivity index is 1.71. The fraction of sp³-hybridized carbons (Fsp3) is 0.417. The summed E-state index contributed by atoms with van der Waals surface area (Å²) in [5, 5.41) is 2.95. The van der Waals surface area contributed by atoms with Gasteiger partial charge in [-0.25, -0.2) is 8.42 Å². The molecule has 2 aromatic rings. The summed E-state index contributed by atoms with van der Waals surface area (Å²) in [6, 6.07) is 16.0. The molecular weight excluding hydrogens is 410 g/mol. The number of benzene rings is 2. The van der Waals surface area contributed by atoms with Crippen molar-refractivity contribution in [3.63, 3.8) is 0 Å². The summed E-state index contributed by atoms with van der Waals surface area (Å²) in [6.07, 6.45) is 4.50. The van der Waals surface area contributed by atoms with Crippen LogP contribution in [-0.4, -0.2) is 26.7 Å². The average molecular weight is 442 g/mol. The summed E-state index contributed by atoms with van der Waals surface area (Å²) in [7, 11) is -3.69. The maximum absolute atomic E-state index is 13.0. The lowest BCUT2D eigenvalue weighted by Crippen LogP contribution is -2.30. The number of anilines is 1. The second-order valence-corrected chi connectivity index (χ2v) is 9.71. The molecule has 0 radical (unpaired) electrons. The fourth-order valence-corrected chi connectivity index (χ4v) is 4.83. The van der Waals surface area contributed by atoms with Crippen molar-refractivity contribution < 1.29 is 13.2 Å². The van der Waals surface area contributed by atoms with Crippen LogP contribution in [0, 0.1) is 5.92 Å². The van der Waals surface area contributed by atoms with Gasteiger partial charge in [0, 0.05) is 18.7 Å². The highest BCUT2D eigenvalue weighted by atomic mass is 32.2. The molecule has 0 bridgehead atoms. The van der Waals surface area contributed by atoms with Gasteiger partial charge in [-0.1, -0.05) is 57.0 Å². The van der Waals surface area contributed by atoms with Crippen LogP contribution in [0.1, 0.15) is 57.4 Å². The summed E-state index contributed by atoms with van der Waals surface area (Å²) in [5.74, 6) is 0.326. The largest absolute Gasteiger partial charge is 0.326 e. The number of carbonyl (C=O) groups excluding carboxylic acids is 1. The summed E-state index contributed by atoms with van der Waals surface area (Å²) in [6.45, 7) is 4.79. The minimum absolute atomic E-state index is 0.0953. The first-order valence-electron chi connectivity index (χ1n) is 10.9. The van der Waals surface area contributed by atoms with E-state index in [0.29, 0.717) is 24.5 Å². The predicted octanol–water partition coefficient (Wildman–Crippen LogP) is 4.71. The third kappa shape index (κ3) is 6.17. The smallest absolute Gasteiger partial charge is 0.262 e. The molecule has 3 rings (SSSR count). The number of rotatable bonds is 7. The highest BCUT2D eigenvalue weighted by Crippen LogP contribution is 2.28. The molecule has 0 fully saturated rings. The molecule has 31 heavy (non-hydrogen) atoms. The van der Waals surface area contributed by atoms with Crippen LogP contribution in [0.25, 0.3) is 0 Å². The van der Waals surface area contributed by atoms with Gasteiger partial charge in [0.1, 0.15) is 5.84 Å². The lowest BCUT2D eigenvalue weighted by molar-refractivity contribution is -0.118. The lowest BCUT2D eigenvalue weighted by atomic mass is 9.85. The second-order valence-electron chi connectivity index (χ2n) is 8.03. The molecule has 0 saturated carbocycles. The highest BCUT2D eigenvalue weighted by molar-refractivity contribution is 7.90. The molecular formula is C24H31N3O3S. The van der Waals surface area contributed by atoms with E-state index < -0.39 is 10.0 Å². The standard InChI is InChI=1S/C24H31N3O3S/c1-3-18(2)23(19-10-6-4-7-11-19)24(28)26-20-13-15-21(16-14-20)31(29,30)27-22-12-8-5-9-17-25-22/h4,6-7,10-11,13-16,18,23H,3,5,8-9,12,17H2,1-2H3,(H,25,27)(H,26,28). The van der Waals surface area contributed by atoms with Gasteiger partial charge in [-0.15, -0.1) is 0 Å². The van der Waals surface area contributed by atoms with Gasteiger partial charge >= 0.3 is 0 Å². The monoisotopic (exact) mass is 441 g/mol. The van der Waals surface area contributed by atoms with Gasteiger partial charge in [-0.2, -0.15) is 0 Å². The van der Waals surface area contributed by atoms with Crippen molar-refractivity contribution >= 4 is 27.5 Å². The first kappa shape index (κ1) is 23.0. The van der Waals surface area contributed by atoms with E-state index >= 15 is 0 Å². The van der Waals surface area contributed by atoms with Crippen LogP contribution in [0.3, 0.4) is 0 Å². The number of hydrogen-bond acceptors (Lipinski definition) is 4. The van der Waals surface area contributed by atoms with Gasteiger partial charge in [-0.3, -0.25) is 14.5 Å². The number of hydrogen-bond donors (Lipinski definition) is 2. The van der Waals surface area contributed by atoms with Crippen LogP contribution in [-0.2, 0) is 14.8 Å². The third-order valence-corrected chi connectivity index (χ3v) is 7.11. The summed E-state index contributed by atoms with van der Waals surface area (Å²) >= 11 is 0. The summed E-state index contributed by atoms with van der Waals surface area (Å²) < 4.78 is 28.0. The molecule has 6 nitrogen and oxygen atoms in total. The molecule has 1 heterocycles. The molecule has 2 unspecified atom stereocenters. The molecule has 0 aliphatic carbocycles. The summed E-state index contributed by atoms with van der Waals surface area (Å²) in [5.41, 5.74) is 1.54. The van der Waals surface area contributed by atoms with E-state index in [-0.39, 0.29) is 22.6 Å². The number of nitrogens with zero attached hydrogens (tertiary/aromatic N) is 1. The number of carbonyl (C=O) groups is 1. The zero-order valence-electron chi connectivity index (χ0n) is 18.2. The lowest BCUT2D eigenvalue weighted by Gasteiger charge is -2.23. The molecule has 0 aromatic heterocycles. The number of amides is 1. The zero-order valence-corrected chi connectivity index (χ0v) is 19.0. The molecule has 1 amide bonds. The Morgan fingerprint density at radius 1 is 1.03 bits per heavy atom.